The zero-order chi connectivity index (χ0) is 12.7. The van der Waals surface area contributed by atoms with Crippen LogP contribution in [0, 0.1) is 10.1 Å². The summed E-state index contributed by atoms with van der Waals surface area (Å²) < 4.78 is 1.57. The molecule has 2 aliphatic carbocycles. The fraction of sp³-hybridized carbons (Fsp3) is 0.636. The van der Waals surface area contributed by atoms with Crippen LogP contribution in [-0.2, 0) is 0 Å². The Morgan fingerprint density at radius 3 is 2.67 bits per heavy atom. The van der Waals surface area contributed by atoms with Crippen LogP contribution >= 0.6 is 0 Å². The number of carbonyl (C=O) groups excluding carboxylic acids is 1. The number of nitrogens with zero attached hydrogens (tertiary/aromatic N) is 3. The third-order valence-electron chi connectivity index (χ3n) is 3.49. The minimum atomic E-state index is -0.538. The zero-order valence-electron chi connectivity index (χ0n) is 9.83. The molecule has 2 fully saturated rings. The first-order valence-electron chi connectivity index (χ1n) is 6.19. The molecule has 7 nitrogen and oxygen atoms in total. The molecule has 3 rings (SSSR count). The number of hydrogen-bond donors (Lipinski definition) is 1. The van der Waals surface area contributed by atoms with E-state index in [-0.39, 0.29) is 23.5 Å². The monoisotopic (exact) mass is 250 g/mol. The second-order valence-electron chi connectivity index (χ2n) is 4.93. The van der Waals surface area contributed by atoms with Crippen LogP contribution in [-0.4, -0.2) is 26.7 Å². The predicted molar refractivity (Wildman–Crippen MR) is 62.3 cm³/mol. The van der Waals surface area contributed by atoms with Crippen LogP contribution < -0.4 is 5.32 Å². The van der Waals surface area contributed by atoms with Gasteiger partial charge in [-0.1, -0.05) is 0 Å². The number of hydrogen-bond acceptors (Lipinski definition) is 4. The Hall–Kier alpha value is -1.92. The van der Waals surface area contributed by atoms with Crippen molar-refractivity contribution in [2.45, 2.75) is 44.2 Å². The molecule has 0 aromatic carbocycles. The average molecular weight is 250 g/mol. The average Bonchev–Trinajstić information content (AvgIpc) is 2.92. The molecular weight excluding hydrogens is 236 g/mol. The van der Waals surface area contributed by atoms with Crippen LogP contribution in [0.1, 0.15) is 48.6 Å². The Balaban J connectivity index is 1.87. The van der Waals surface area contributed by atoms with Crippen molar-refractivity contribution in [3.63, 3.8) is 0 Å². The van der Waals surface area contributed by atoms with Gasteiger partial charge in [0, 0.05) is 6.04 Å². The van der Waals surface area contributed by atoms with E-state index in [2.05, 4.69) is 10.4 Å². The molecule has 1 aromatic rings. The minimum absolute atomic E-state index is 0.0567. The van der Waals surface area contributed by atoms with E-state index in [0.717, 1.165) is 32.1 Å². The molecule has 1 aromatic heterocycles. The molecule has 2 aliphatic rings. The lowest BCUT2D eigenvalue weighted by Crippen LogP contribution is -2.27. The van der Waals surface area contributed by atoms with E-state index >= 15 is 0 Å². The Labute approximate surface area is 103 Å². The molecule has 0 unspecified atom stereocenters. The zero-order valence-corrected chi connectivity index (χ0v) is 9.83. The summed E-state index contributed by atoms with van der Waals surface area (Å²) in [4.78, 5) is 22.3. The van der Waals surface area contributed by atoms with Gasteiger partial charge in [-0.05, 0) is 32.1 Å². The van der Waals surface area contributed by atoms with Gasteiger partial charge in [0.1, 0.15) is 6.20 Å². The van der Waals surface area contributed by atoms with E-state index in [4.69, 9.17) is 0 Å². The van der Waals surface area contributed by atoms with Gasteiger partial charge in [-0.15, -0.1) is 0 Å². The summed E-state index contributed by atoms with van der Waals surface area (Å²) in [6.45, 7) is 0. The van der Waals surface area contributed by atoms with E-state index in [1.165, 1.54) is 6.20 Å². The molecule has 18 heavy (non-hydrogen) atoms. The van der Waals surface area contributed by atoms with Crippen molar-refractivity contribution in [3.05, 3.63) is 22.0 Å². The first kappa shape index (κ1) is 11.2. The molecule has 0 radical (unpaired) electrons. The number of carbonyl (C=O) groups is 1. The molecule has 1 heterocycles. The Morgan fingerprint density at radius 1 is 1.44 bits per heavy atom. The molecule has 0 bridgehead atoms. The number of aromatic nitrogens is 2. The van der Waals surface area contributed by atoms with Gasteiger partial charge in [0.2, 0.25) is 5.69 Å². The molecular formula is C11H14N4O3. The number of nitrogens with one attached hydrogen (secondary N) is 1. The van der Waals surface area contributed by atoms with Crippen molar-refractivity contribution in [1.29, 1.82) is 0 Å². The van der Waals surface area contributed by atoms with Crippen molar-refractivity contribution >= 4 is 11.6 Å². The minimum Gasteiger partial charge on any atom is -0.348 e. The standard InChI is InChI=1S/C11H14N4O3/c16-11(12-7-4-5-7)10-9(15(17)18)6-14(13-10)8-2-1-3-8/h6-8H,1-5H2,(H,12,16). The van der Waals surface area contributed by atoms with Gasteiger partial charge >= 0.3 is 5.69 Å². The SMILES string of the molecule is O=C(NC1CC1)c1nn(C2CCC2)cc1[N+](=O)[O-]. The summed E-state index contributed by atoms with van der Waals surface area (Å²) in [5, 5.41) is 17.8. The van der Waals surface area contributed by atoms with Crippen molar-refractivity contribution in [2.24, 2.45) is 0 Å². The fourth-order valence-corrected chi connectivity index (χ4v) is 2.00. The van der Waals surface area contributed by atoms with Gasteiger partial charge in [-0.25, -0.2) is 0 Å². The van der Waals surface area contributed by atoms with E-state index < -0.39 is 10.8 Å². The lowest BCUT2D eigenvalue weighted by molar-refractivity contribution is -0.385. The molecule has 96 valence electrons. The topological polar surface area (TPSA) is 90.1 Å². The maximum Gasteiger partial charge on any atom is 0.320 e. The lowest BCUT2D eigenvalue weighted by Gasteiger charge is -2.25. The smallest absolute Gasteiger partial charge is 0.320 e. The van der Waals surface area contributed by atoms with E-state index in [0.29, 0.717) is 0 Å². The normalized spacial score (nSPS) is 19.3. The number of amides is 1. The molecule has 0 spiro atoms. The molecule has 0 aliphatic heterocycles. The third-order valence-corrected chi connectivity index (χ3v) is 3.49. The molecule has 1 amide bonds. The maximum absolute atomic E-state index is 11.9. The largest absolute Gasteiger partial charge is 0.348 e. The van der Waals surface area contributed by atoms with Gasteiger partial charge < -0.3 is 5.32 Å². The Bertz CT molecular complexity index is 502. The first-order valence-corrected chi connectivity index (χ1v) is 6.19. The second kappa shape index (κ2) is 4.08. The Kier molecular flexibility index (Phi) is 2.53. The van der Waals surface area contributed by atoms with Crippen molar-refractivity contribution in [1.82, 2.24) is 15.1 Å². The van der Waals surface area contributed by atoms with Gasteiger partial charge in [-0.2, -0.15) is 5.10 Å². The number of nitro groups is 1. The van der Waals surface area contributed by atoms with Crippen LogP contribution in [0.2, 0.25) is 0 Å². The van der Waals surface area contributed by atoms with Crippen LogP contribution in [0.5, 0.6) is 0 Å². The molecule has 7 heteroatoms. The highest BCUT2D eigenvalue weighted by Crippen LogP contribution is 2.33. The van der Waals surface area contributed by atoms with Crippen LogP contribution in [0.15, 0.2) is 6.20 Å². The highest BCUT2D eigenvalue weighted by Gasteiger charge is 2.32. The van der Waals surface area contributed by atoms with Crippen LogP contribution in [0.3, 0.4) is 0 Å². The van der Waals surface area contributed by atoms with Gasteiger partial charge in [0.15, 0.2) is 0 Å². The molecule has 0 saturated heterocycles. The predicted octanol–water partition coefficient (Wildman–Crippen LogP) is 1.41. The van der Waals surface area contributed by atoms with E-state index in [1.807, 2.05) is 0 Å². The van der Waals surface area contributed by atoms with Crippen LogP contribution in [0.4, 0.5) is 5.69 Å². The summed E-state index contributed by atoms with van der Waals surface area (Å²) in [6.07, 6.45) is 6.34. The summed E-state index contributed by atoms with van der Waals surface area (Å²) in [5.74, 6) is -0.428. The third kappa shape index (κ3) is 1.96. The molecule has 1 N–H and O–H groups in total. The highest BCUT2D eigenvalue weighted by molar-refractivity contribution is 5.96. The van der Waals surface area contributed by atoms with E-state index in [9.17, 15) is 14.9 Å². The van der Waals surface area contributed by atoms with Crippen molar-refractivity contribution in [2.75, 3.05) is 0 Å². The summed E-state index contributed by atoms with van der Waals surface area (Å²) in [5.41, 5.74) is -0.251. The molecule has 0 atom stereocenters. The maximum atomic E-state index is 11.9. The van der Waals surface area contributed by atoms with E-state index in [1.54, 1.807) is 4.68 Å². The second-order valence-corrected chi connectivity index (χ2v) is 4.93. The van der Waals surface area contributed by atoms with Gasteiger partial charge in [-0.3, -0.25) is 19.6 Å². The Morgan fingerprint density at radius 2 is 2.17 bits per heavy atom. The van der Waals surface area contributed by atoms with Gasteiger partial charge in [0.25, 0.3) is 5.91 Å². The summed E-state index contributed by atoms with van der Waals surface area (Å²) in [6, 6.07) is 0.386. The first-order chi connectivity index (χ1) is 8.65. The lowest BCUT2D eigenvalue weighted by atomic mass is 9.93. The molecule has 2 saturated carbocycles. The fourth-order valence-electron chi connectivity index (χ4n) is 2.00. The summed E-state index contributed by atoms with van der Waals surface area (Å²) >= 11 is 0. The number of rotatable bonds is 4. The summed E-state index contributed by atoms with van der Waals surface area (Å²) in [7, 11) is 0. The van der Waals surface area contributed by atoms with Gasteiger partial charge in [0.05, 0.1) is 11.0 Å². The van der Waals surface area contributed by atoms with Crippen molar-refractivity contribution < 1.29 is 9.72 Å². The van der Waals surface area contributed by atoms with Crippen molar-refractivity contribution in [3.8, 4) is 0 Å². The highest BCUT2D eigenvalue weighted by atomic mass is 16.6. The van der Waals surface area contributed by atoms with Crippen LogP contribution in [0.25, 0.3) is 0 Å². The quantitative estimate of drug-likeness (QED) is 0.646.